The van der Waals surface area contributed by atoms with Crippen molar-refractivity contribution in [2.75, 3.05) is 14.2 Å². The Morgan fingerprint density at radius 2 is 1.74 bits per heavy atom. The summed E-state index contributed by atoms with van der Waals surface area (Å²) in [4.78, 5) is 15.4. The van der Waals surface area contributed by atoms with E-state index in [-0.39, 0.29) is 11.9 Å². The average molecular weight is 441 g/mol. The molecule has 5 nitrogen and oxygen atoms in total. The summed E-state index contributed by atoms with van der Waals surface area (Å²) in [5.74, 6) is 1.12. The van der Waals surface area contributed by atoms with Crippen LogP contribution in [0.15, 0.2) is 60.8 Å². The van der Waals surface area contributed by atoms with Crippen LogP contribution in [0.4, 0.5) is 0 Å². The Morgan fingerprint density at radius 3 is 2.35 bits per heavy atom. The lowest BCUT2D eigenvalue weighted by molar-refractivity contribution is 0.0666. The van der Waals surface area contributed by atoms with E-state index in [1.54, 1.807) is 32.4 Å². The summed E-state index contributed by atoms with van der Waals surface area (Å²) in [5.41, 5.74) is 2.63. The van der Waals surface area contributed by atoms with Crippen molar-refractivity contribution in [3.8, 4) is 11.5 Å². The number of amides is 1. The first kappa shape index (κ1) is 22.8. The predicted molar refractivity (Wildman–Crippen MR) is 124 cm³/mol. The molecule has 1 amide bonds. The molecule has 0 aliphatic rings. The summed E-state index contributed by atoms with van der Waals surface area (Å²) < 4.78 is 12.8. The van der Waals surface area contributed by atoms with Crippen LogP contribution in [0.25, 0.3) is 0 Å². The largest absolute Gasteiger partial charge is 0.497 e. The highest BCUT2D eigenvalue weighted by molar-refractivity contribution is 6.31. The summed E-state index contributed by atoms with van der Waals surface area (Å²) >= 11 is 6.36. The zero-order valence-corrected chi connectivity index (χ0v) is 19.2. The van der Waals surface area contributed by atoms with Gasteiger partial charge in [0, 0.05) is 41.1 Å². The topological polar surface area (TPSA) is 43.7 Å². The number of methoxy groups -OCH3 is 2. The summed E-state index contributed by atoms with van der Waals surface area (Å²) in [6.45, 7) is 5.29. The van der Waals surface area contributed by atoms with Crippen LogP contribution in [0.3, 0.4) is 0 Å². The second-order valence-corrected chi connectivity index (χ2v) is 7.92. The number of hydrogen-bond donors (Lipinski definition) is 0. The smallest absolute Gasteiger partial charge is 0.254 e. The zero-order chi connectivity index (χ0) is 22.4. The third kappa shape index (κ3) is 5.42. The lowest BCUT2D eigenvalue weighted by Crippen LogP contribution is -2.38. The Morgan fingerprint density at radius 1 is 1.06 bits per heavy atom. The maximum Gasteiger partial charge on any atom is 0.254 e. The van der Waals surface area contributed by atoms with Gasteiger partial charge in [-0.2, -0.15) is 0 Å². The summed E-state index contributed by atoms with van der Waals surface area (Å²) in [7, 11) is 3.16. The first-order valence-electron chi connectivity index (χ1n) is 10.4. The summed E-state index contributed by atoms with van der Waals surface area (Å²) in [6, 6.07) is 17.2. The third-order valence-electron chi connectivity index (χ3n) is 5.54. The Labute approximate surface area is 189 Å². The van der Waals surface area contributed by atoms with Crippen LogP contribution in [0.1, 0.15) is 41.9 Å². The second-order valence-electron chi connectivity index (χ2n) is 7.51. The van der Waals surface area contributed by atoms with Crippen molar-refractivity contribution in [2.45, 2.75) is 39.4 Å². The molecule has 0 aliphatic carbocycles. The first-order chi connectivity index (χ1) is 15.0. The minimum Gasteiger partial charge on any atom is -0.497 e. The lowest BCUT2D eigenvalue weighted by Gasteiger charge is -2.29. The second kappa shape index (κ2) is 10.4. The molecule has 2 aromatic carbocycles. The van der Waals surface area contributed by atoms with Crippen LogP contribution < -0.4 is 9.47 Å². The van der Waals surface area contributed by atoms with E-state index >= 15 is 0 Å². The fraction of sp³-hybridized carbons (Fsp3) is 0.320. The van der Waals surface area contributed by atoms with Crippen molar-refractivity contribution in [3.05, 3.63) is 82.6 Å². The number of hydrogen-bond acceptors (Lipinski definition) is 3. The molecule has 0 radical (unpaired) electrons. The van der Waals surface area contributed by atoms with Gasteiger partial charge in [-0.05, 0) is 49.2 Å². The van der Waals surface area contributed by atoms with Crippen molar-refractivity contribution >= 4 is 17.5 Å². The van der Waals surface area contributed by atoms with Crippen molar-refractivity contribution < 1.29 is 14.3 Å². The fourth-order valence-corrected chi connectivity index (χ4v) is 3.67. The molecule has 0 spiro atoms. The van der Waals surface area contributed by atoms with Crippen molar-refractivity contribution in [1.29, 1.82) is 0 Å². The molecule has 1 aromatic heterocycles. The molecule has 0 fully saturated rings. The van der Waals surface area contributed by atoms with E-state index in [1.165, 1.54) is 0 Å². The molecule has 0 saturated carbocycles. The van der Waals surface area contributed by atoms with Gasteiger partial charge in [0.1, 0.15) is 11.5 Å². The number of aromatic nitrogens is 1. The van der Waals surface area contributed by atoms with Gasteiger partial charge in [-0.1, -0.05) is 36.7 Å². The summed E-state index contributed by atoms with van der Waals surface area (Å²) in [5, 5.41) is 0.737. The van der Waals surface area contributed by atoms with Crippen molar-refractivity contribution in [1.82, 2.24) is 9.47 Å². The molecule has 31 heavy (non-hydrogen) atoms. The predicted octanol–water partition coefficient (Wildman–Crippen LogP) is 5.65. The number of benzene rings is 2. The Hall–Kier alpha value is -2.92. The molecule has 0 aliphatic heterocycles. The van der Waals surface area contributed by atoms with Crippen molar-refractivity contribution in [2.24, 2.45) is 0 Å². The molecule has 3 rings (SSSR count). The summed E-state index contributed by atoms with van der Waals surface area (Å²) in [6.07, 6.45) is 2.87. The molecule has 3 aromatic rings. The molecular formula is C25H29ClN2O3. The monoisotopic (exact) mass is 440 g/mol. The van der Waals surface area contributed by atoms with Gasteiger partial charge in [0.25, 0.3) is 5.91 Å². The van der Waals surface area contributed by atoms with Gasteiger partial charge in [0.15, 0.2) is 0 Å². The molecule has 164 valence electrons. The van der Waals surface area contributed by atoms with Gasteiger partial charge >= 0.3 is 0 Å². The van der Waals surface area contributed by atoms with Gasteiger partial charge in [-0.3, -0.25) is 4.79 Å². The number of halogens is 1. The minimum absolute atomic E-state index is 0.0583. The Bertz CT molecular complexity index is 1010. The quantitative estimate of drug-likeness (QED) is 0.432. The zero-order valence-electron chi connectivity index (χ0n) is 18.5. The highest BCUT2D eigenvalue weighted by atomic mass is 35.5. The van der Waals surface area contributed by atoms with Crippen LogP contribution in [-0.2, 0) is 13.1 Å². The molecule has 0 saturated heterocycles. The highest BCUT2D eigenvalue weighted by Gasteiger charge is 2.23. The van der Waals surface area contributed by atoms with E-state index in [9.17, 15) is 4.79 Å². The molecular weight excluding hydrogens is 412 g/mol. The van der Waals surface area contributed by atoms with Gasteiger partial charge in [0.05, 0.1) is 20.8 Å². The van der Waals surface area contributed by atoms with E-state index in [2.05, 4.69) is 18.4 Å². The number of rotatable bonds is 9. The van der Waals surface area contributed by atoms with Crippen LogP contribution in [0.5, 0.6) is 11.5 Å². The number of carbonyl (C=O) groups is 1. The van der Waals surface area contributed by atoms with Crippen LogP contribution >= 0.6 is 11.6 Å². The van der Waals surface area contributed by atoms with E-state index in [0.29, 0.717) is 30.2 Å². The van der Waals surface area contributed by atoms with E-state index < -0.39 is 0 Å². The van der Waals surface area contributed by atoms with E-state index in [4.69, 9.17) is 21.1 Å². The molecule has 0 N–H and O–H groups in total. The maximum absolute atomic E-state index is 13.5. The van der Waals surface area contributed by atoms with Gasteiger partial charge in [-0.25, -0.2) is 0 Å². The molecule has 0 bridgehead atoms. The van der Waals surface area contributed by atoms with Crippen LogP contribution in [-0.4, -0.2) is 35.6 Å². The molecule has 1 atom stereocenters. The maximum atomic E-state index is 13.5. The number of ether oxygens (including phenoxy) is 2. The number of nitrogens with zero attached hydrogens (tertiary/aromatic N) is 2. The van der Waals surface area contributed by atoms with Crippen LogP contribution in [0, 0.1) is 0 Å². The van der Waals surface area contributed by atoms with Crippen molar-refractivity contribution in [3.63, 3.8) is 0 Å². The SMILES string of the molecule is CCC(C)N(Cc1cccn1Cc1ccccc1Cl)C(=O)c1cc(OC)cc(OC)c1. The molecule has 1 unspecified atom stereocenters. The van der Waals surface area contributed by atoms with Gasteiger partial charge < -0.3 is 18.9 Å². The number of carbonyl (C=O) groups excluding carboxylic acids is 1. The normalized spacial score (nSPS) is 11.8. The van der Waals surface area contributed by atoms with Gasteiger partial charge in [0.2, 0.25) is 0 Å². The minimum atomic E-state index is -0.0583. The average Bonchev–Trinajstić information content (AvgIpc) is 3.24. The Kier molecular flexibility index (Phi) is 7.64. The van der Waals surface area contributed by atoms with E-state index in [1.807, 2.05) is 47.5 Å². The third-order valence-corrected chi connectivity index (χ3v) is 5.91. The molecule has 6 heteroatoms. The lowest BCUT2D eigenvalue weighted by atomic mass is 10.1. The van der Waals surface area contributed by atoms with E-state index in [0.717, 1.165) is 22.7 Å². The van der Waals surface area contributed by atoms with Crippen LogP contribution in [0.2, 0.25) is 5.02 Å². The van der Waals surface area contributed by atoms with Gasteiger partial charge in [-0.15, -0.1) is 0 Å². The highest BCUT2D eigenvalue weighted by Crippen LogP contribution is 2.25. The molecule has 1 heterocycles. The first-order valence-corrected chi connectivity index (χ1v) is 10.8. The standard InChI is InChI=1S/C25H29ClN2O3/c1-5-18(2)28(25(29)20-13-22(30-3)15-23(14-20)31-4)17-21-10-8-12-27(21)16-19-9-6-7-11-24(19)26/h6-15,18H,5,16-17H2,1-4H3. The fourth-order valence-electron chi connectivity index (χ4n) is 3.48. The Balaban J connectivity index is 1.89.